The van der Waals surface area contributed by atoms with Crippen molar-refractivity contribution in [3.8, 4) is 0 Å². The second-order valence-corrected chi connectivity index (χ2v) is 3.63. The largest absolute Gasteiger partial charge is 0.369 e. The van der Waals surface area contributed by atoms with Crippen molar-refractivity contribution >= 4 is 5.78 Å². The summed E-state index contributed by atoms with van der Waals surface area (Å²) in [5.41, 5.74) is 2.31. The van der Waals surface area contributed by atoms with Gasteiger partial charge < -0.3 is 4.74 Å². The van der Waals surface area contributed by atoms with Crippen LogP contribution in [-0.4, -0.2) is 12.9 Å². The summed E-state index contributed by atoms with van der Waals surface area (Å²) in [5, 5.41) is 0. The highest BCUT2D eigenvalue weighted by atomic mass is 16.5. The summed E-state index contributed by atoms with van der Waals surface area (Å²) in [6, 6.07) is 8.05. The van der Waals surface area contributed by atoms with E-state index in [1.165, 1.54) is 5.56 Å². The molecule has 0 aliphatic heterocycles. The SMILES string of the molecule is COC1C(=O)CCCc2ccccc21. The van der Waals surface area contributed by atoms with Gasteiger partial charge in [0.2, 0.25) is 0 Å². The van der Waals surface area contributed by atoms with E-state index < -0.39 is 0 Å². The van der Waals surface area contributed by atoms with Gasteiger partial charge in [-0.05, 0) is 24.0 Å². The lowest BCUT2D eigenvalue weighted by atomic mass is 10.0. The molecule has 0 saturated heterocycles. The van der Waals surface area contributed by atoms with Gasteiger partial charge >= 0.3 is 0 Å². The molecule has 0 aromatic heterocycles. The molecule has 74 valence electrons. The monoisotopic (exact) mass is 190 g/mol. The highest BCUT2D eigenvalue weighted by Crippen LogP contribution is 2.28. The van der Waals surface area contributed by atoms with Gasteiger partial charge in [-0.1, -0.05) is 24.3 Å². The number of hydrogen-bond acceptors (Lipinski definition) is 2. The summed E-state index contributed by atoms with van der Waals surface area (Å²) < 4.78 is 5.26. The maximum atomic E-state index is 11.7. The Bertz CT molecular complexity index is 344. The van der Waals surface area contributed by atoms with Crippen molar-refractivity contribution in [2.75, 3.05) is 7.11 Å². The quantitative estimate of drug-likeness (QED) is 0.635. The smallest absolute Gasteiger partial charge is 0.166 e. The number of carbonyl (C=O) groups excluding carboxylic acids is 1. The zero-order valence-electron chi connectivity index (χ0n) is 8.32. The molecule has 0 bridgehead atoms. The van der Waals surface area contributed by atoms with E-state index in [2.05, 4.69) is 6.07 Å². The molecule has 1 atom stereocenters. The van der Waals surface area contributed by atoms with E-state index in [-0.39, 0.29) is 11.9 Å². The number of ketones is 1. The topological polar surface area (TPSA) is 26.3 Å². The van der Waals surface area contributed by atoms with Crippen LogP contribution < -0.4 is 0 Å². The van der Waals surface area contributed by atoms with Crippen LogP contribution in [0.3, 0.4) is 0 Å². The molecule has 0 saturated carbocycles. The summed E-state index contributed by atoms with van der Waals surface area (Å²) in [4.78, 5) is 11.7. The van der Waals surface area contributed by atoms with Crippen LogP contribution in [0.4, 0.5) is 0 Å². The highest BCUT2D eigenvalue weighted by Gasteiger charge is 2.24. The van der Waals surface area contributed by atoms with Gasteiger partial charge in [0.25, 0.3) is 0 Å². The summed E-state index contributed by atoms with van der Waals surface area (Å²) in [6.45, 7) is 0. The Morgan fingerprint density at radius 1 is 1.29 bits per heavy atom. The zero-order valence-corrected chi connectivity index (χ0v) is 8.32. The van der Waals surface area contributed by atoms with Gasteiger partial charge in [-0.15, -0.1) is 0 Å². The van der Waals surface area contributed by atoms with E-state index in [1.54, 1.807) is 7.11 Å². The summed E-state index contributed by atoms with van der Waals surface area (Å²) in [5.74, 6) is 0.206. The number of hydrogen-bond donors (Lipinski definition) is 0. The number of methoxy groups -OCH3 is 1. The molecule has 0 heterocycles. The summed E-state index contributed by atoms with van der Waals surface area (Å²) in [7, 11) is 1.60. The first-order valence-corrected chi connectivity index (χ1v) is 4.96. The molecule has 1 aliphatic carbocycles. The lowest BCUT2D eigenvalue weighted by Crippen LogP contribution is -2.13. The van der Waals surface area contributed by atoms with Crippen molar-refractivity contribution in [1.82, 2.24) is 0 Å². The molecule has 0 amide bonds. The van der Waals surface area contributed by atoms with Crippen molar-refractivity contribution in [2.24, 2.45) is 0 Å². The fourth-order valence-corrected chi connectivity index (χ4v) is 2.03. The van der Waals surface area contributed by atoms with Crippen LogP contribution in [0.5, 0.6) is 0 Å². The Balaban J connectivity index is 2.44. The molecular weight excluding hydrogens is 176 g/mol. The number of Topliss-reactive ketones (excluding diaryl/α,β-unsaturated/α-hetero) is 1. The average Bonchev–Trinajstić information content (AvgIpc) is 2.36. The Kier molecular flexibility index (Phi) is 2.64. The van der Waals surface area contributed by atoms with Gasteiger partial charge in [0.05, 0.1) is 0 Å². The second-order valence-electron chi connectivity index (χ2n) is 3.63. The Morgan fingerprint density at radius 2 is 2.07 bits per heavy atom. The van der Waals surface area contributed by atoms with E-state index in [0.29, 0.717) is 6.42 Å². The van der Waals surface area contributed by atoms with Crippen LogP contribution in [0.15, 0.2) is 24.3 Å². The molecular formula is C12H14O2. The van der Waals surface area contributed by atoms with Crippen molar-refractivity contribution in [1.29, 1.82) is 0 Å². The van der Waals surface area contributed by atoms with Crippen molar-refractivity contribution in [3.63, 3.8) is 0 Å². The number of ether oxygens (including phenoxy) is 1. The van der Waals surface area contributed by atoms with E-state index >= 15 is 0 Å². The molecule has 0 N–H and O–H groups in total. The predicted octanol–water partition coefficient (Wildman–Crippen LogP) is 2.28. The van der Waals surface area contributed by atoms with Crippen LogP contribution in [0.25, 0.3) is 0 Å². The first-order valence-electron chi connectivity index (χ1n) is 4.96. The van der Waals surface area contributed by atoms with Crippen LogP contribution in [0.2, 0.25) is 0 Å². The number of aryl methyl sites for hydroxylation is 1. The van der Waals surface area contributed by atoms with Gasteiger partial charge in [0.15, 0.2) is 5.78 Å². The van der Waals surface area contributed by atoms with E-state index in [1.807, 2.05) is 18.2 Å². The molecule has 0 fully saturated rings. The average molecular weight is 190 g/mol. The molecule has 1 unspecified atom stereocenters. The first kappa shape index (κ1) is 9.41. The summed E-state index contributed by atoms with van der Waals surface area (Å²) >= 11 is 0. The zero-order chi connectivity index (χ0) is 9.97. The fourth-order valence-electron chi connectivity index (χ4n) is 2.03. The second kappa shape index (κ2) is 3.93. The van der Waals surface area contributed by atoms with Crippen molar-refractivity contribution in [2.45, 2.75) is 25.4 Å². The predicted molar refractivity (Wildman–Crippen MR) is 54.1 cm³/mol. The van der Waals surface area contributed by atoms with Crippen LogP contribution in [0.1, 0.15) is 30.1 Å². The first-order chi connectivity index (χ1) is 6.83. The van der Waals surface area contributed by atoms with Gasteiger partial charge in [-0.25, -0.2) is 0 Å². The van der Waals surface area contributed by atoms with Crippen molar-refractivity contribution < 1.29 is 9.53 Å². The third-order valence-electron chi connectivity index (χ3n) is 2.73. The minimum Gasteiger partial charge on any atom is -0.369 e. The molecule has 1 aliphatic rings. The van der Waals surface area contributed by atoms with Crippen LogP contribution in [0, 0.1) is 0 Å². The normalized spacial score (nSPS) is 21.5. The molecule has 0 radical (unpaired) electrons. The van der Waals surface area contributed by atoms with Gasteiger partial charge in [0.1, 0.15) is 6.10 Å². The Morgan fingerprint density at radius 3 is 2.86 bits per heavy atom. The molecule has 2 rings (SSSR count). The lowest BCUT2D eigenvalue weighted by Gasteiger charge is -2.14. The molecule has 1 aromatic carbocycles. The highest BCUT2D eigenvalue weighted by molar-refractivity contribution is 5.85. The molecule has 14 heavy (non-hydrogen) atoms. The third-order valence-corrected chi connectivity index (χ3v) is 2.73. The Hall–Kier alpha value is -1.15. The molecule has 2 heteroatoms. The van der Waals surface area contributed by atoms with Gasteiger partial charge in [-0.3, -0.25) is 4.79 Å². The summed E-state index contributed by atoms with van der Waals surface area (Å²) in [6.07, 6.45) is 2.22. The minimum atomic E-state index is -0.339. The lowest BCUT2D eigenvalue weighted by molar-refractivity contribution is -0.129. The maximum Gasteiger partial charge on any atom is 0.166 e. The maximum absolute atomic E-state index is 11.7. The number of benzene rings is 1. The van der Waals surface area contributed by atoms with Gasteiger partial charge in [0, 0.05) is 13.5 Å². The molecule has 2 nitrogen and oxygen atoms in total. The minimum absolute atomic E-state index is 0.206. The third kappa shape index (κ3) is 1.58. The number of carbonyl (C=O) groups is 1. The standard InChI is InChI=1S/C12H14O2/c1-14-12-10-7-3-2-5-9(10)6-4-8-11(12)13/h2-3,5,7,12H,4,6,8H2,1H3. The Labute approximate surface area is 83.9 Å². The fraction of sp³-hybridized carbons (Fsp3) is 0.417. The van der Waals surface area contributed by atoms with E-state index in [4.69, 9.17) is 4.74 Å². The molecule has 0 spiro atoms. The number of fused-ring (bicyclic) bond motifs is 1. The van der Waals surface area contributed by atoms with Crippen LogP contribution in [-0.2, 0) is 16.0 Å². The van der Waals surface area contributed by atoms with E-state index in [9.17, 15) is 4.79 Å². The van der Waals surface area contributed by atoms with Crippen LogP contribution >= 0.6 is 0 Å². The van der Waals surface area contributed by atoms with E-state index in [0.717, 1.165) is 18.4 Å². The number of rotatable bonds is 1. The van der Waals surface area contributed by atoms with Gasteiger partial charge in [-0.2, -0.15) is 0 Å². The van der Waals surface area contributed by atoms with Crippen molar-refractivity contribution in [3.05, 3.63) is 35.4 Å². The molecule has 1 aromatic rings.